The lowest BCUT2D eigenvalue weighted by Gasteiger charge is -2.33. The smallest absolute Gasteiger partial charge is 0.255 e. The van der Waals surface area contributed by atoms with E-state index >= 15 is 0 Å². The molecule has 1 aromatic heterocycles. The van der Waals surface area contributed by atoms with Gasteiger partial charge < -0.3 is 10.6 Å². The van der Waals surface area contributed by atoms with E-state index in [0.717, 1.165) is 11.1 Å². The standard InChI is InChI=1S/C25H26N4O4S/c30-24(21-9-11-26-12-10-21)28-22-8-4-5-19(17-22)18-27-25(31)23(20-6-2-1-3-7-20)29-13-15-34(32,33)16-14-29/h1-12,17,23H,13-16,18H2,(H,27,31)(H,28,30). The van der Waals surface area contributed by atoms with Crippen molar-refractivity contribution < 1.29 is 18.0 Å². The lowest BCUT2D eigenvalue weighted by molar-refractivity contribution is -0.126. The van der Waals surface area contributed by atoms with Gasteiger partial charge in [0.15, 0.2) is 9.84 Å². The van der Waals surface area contributed by atoms with Crippen molar-refractivity contribution in [1.82, 2.24) is 15.2 Å². The summed E-state index contributed by atoms with van der Waals surface area (Å²) < 4.78 is 23.7. The minimum atomic E-state index is -3.06. The largest absolute Gasteiger partial charge is 0.350 e. The van der Waals surface area contributed by atoms with Crippen LogP contribution in [0.25, 0.3) is 0 Å². The summed E-state index contributed by atoms with van der Waals surface area (Å²) in [4.78, 5) is 31.5. The van der Waals surface area contributed by atoms with Gasteiger partial charge in [-0.2, -0.15) is 0 Å². The molecule has 9 heteroatoms. The molecule has 0 saturated carbocycles. The fourth-order valence-electron chi connectivity index (χ4n) is 3.90. The number of nitrogens with zero attached hydrogens (tertiary/aromatic N) is 2. The number of carbonyl (C=O) groups is 2. The van der Waals surface area contributed by atoms with E-state index in [2.05, 4.69) is 15.6 Å². The first kappa shape index (κ1) is 23.6. The number of hydrogen-bond acceptors (Lipinski definition) is 6. The average Bonchev–Trinajstić information content (AvgIpc) is 2.85. The molecule has 2 heterocycles. The molecule has 1 aliphatic rings. The predicted molar refractivity (Wildman–Crippen MR) is 130 cm³/mol. The van der Waals surface area contributed by atoms with Crippen LogP contribution in [0.3, 0.4) is 0 Å². The molecular weight excluding hydrogens is 452 g/mol. The number of sulfone groups is 1. The van der Waals surface area contributed by atoms with Crippen molar-refractivity contribution in [2.45, 2.75) is 12.6 Å². The molecule has 0 aliphatic carbocycles. The van der Waals surface area contributed by atoms with E-state index in [1.54, 1.807) is 30.6 Å². The molecular formula is C25H26N4O4S. The zero-order valence-corrected chi connectivity index (χ0v) is 19.4. The Morgan fingerprint density at radius 1 is 0.941 bits per heavy atom. The molecule has 2 N–H and O–H groups in total. The van der Waals surface area contributed by atoms with E-state index in [1.165, 1.54) is 0 Å². The van der Waals surface area contributed by atoms with Gasteiger partial charge in [0.25, 0.3) is 5.91 Å². The number of hydrogen-bond donors (Lipinski definition) is 2. The topological polar surface area (TPSA) is 108 Å². The van der Waals surface area contributed by atoms with Gasteiger partial charge in [-0.15, -0.1) is 0 Å². The first-order valence-corrected chi connectivity index (χ1v) is 12.8. The van der Waals surface area contributed by atoms with E-state index in [4.69, 9.17) is 0 Å². The summed E-state index contributed by atoms with van der Waals surface area (Å²) in [5, 5.41) is 5.83. The number of carbonyl (C=O) groups excluding carboxylic acids is 2. The molecule has 3 aromatic rings. The van der Waals surface area contributed by atoms with Crippen LogP contribution in [0.5, 0.6) is 0 Å². The molecule has 1 saturated heterocycles. The van der Waals surface area contributed by atoms with E-state index in [1.807, 2.05) is 53.4 Å². The quantitative estimate of drug-likeness (QED) is 0.540. The fourth-order valence-corrected chi connectivity index (χ4v) is 5.13. The Bertz CT molecular complexity index is 1240. The van der Waals surface area contributed by atoms with E-state index in [9.17, 15) is 18.0 Å². The third-order valence-corrected chi connectivity index (χ3v) is 7.31. The highest BCUT2D eigenvalue weighted by Crippen LogP contribution is 2.23. The maximum Gasteiger partial charge on any atom is 0.255 e. The molecule has 1 atom stereocenters. The Labute approximate surface area is 198 Å². The van der Waals surface area contributed by atoms with Crippen LogP contribution in [0.4, 0.5) is 5.69 Å². The van der Waals surface area contributed by atoms with Crippen molar-refractivity contribution in [3.8, 4) is 0 Å². The van der Waals surface area contributed by atoms with Gasteiger partial charge in [-0.3, -0.25) is 19.5 Å². The van der Waals surface area contributed by atoms with Crippen LogP contribution in [0, 0.1) is 0 Å². The first-order valence-electron chi connectivity index (χ1n) is 11.0. The van der Waals surface area contributed by atoms with Crippen molar-refractivity contribution in [1.29, 1.82) is 0 Å². The summed E-state index contributed by atoms with van der Waals surface area (Å²) in [5.41, 5.74) is 2.77. The van der Waals surface area contributed by atoms with Gasteiger partial charge in [0.05, 0.1) is 11.5 Å². The number of rotatable bonds is 7. The Morgan fingerprint density at radius 2 is 1.65 bits per heavy atom. The van der Waals surface area contributed by atoms with E-state index in [0.29, 0.717) is 24.3 Å². The SMILES string of the molecule is O=C(Nc1cccc(CNC(=O)C(c2ccccc2)N2CCS(=O)(=O)CC2)c1)c1ccncc1. The van der Waals surface area contributed by atoms with Crippen LogP contribution in [0.1, 0.15) is 27.5 Å². The number of aromatic nitrogens is 1. The highest BCUT2D eigenvalue weighted by Gasteiger charge is 2.32. The van der Waals surface area contributed by atoms with Gasteiger partial charge in [-0.25, -0.2) is 8.42 Å². The highest BCUT2D eigenvalue weighted by atomic mass is 32.2. The van der Waals surface area contributed by atoms with Crippen molar-refractivity contribution in [3.63, 3.8) is 0 Å². The highest BCUT2D eigenvalue weighted by molar-refractivity contribution is 7.91. The number of benzene rings is 2. The molecule has 34 heavy (non-hydrogen) atoms. The summed E-state index contributed by atoms with van der Waals surface area (Å²) >= 11 is 0. The lowest BCUT2D eigenvalue weighted by atomic mass is 10.0. The monoisotopic (exact) mass is 478 g/mol. The number of amides is 2. The summed E-state index contributed by atoms with van der Waals surface area (Å²) in [7, 11) is -3.06. The van der Waals surface area contributed by atoms with E-state index < -0.39 is 15.9 Å². The van der Waals surface area contributed by atoms with Gasteiger partial charge >= 0.3 is 0 Å². The second-order valence-corrected chi connectivity index (χ2v) is 10.4. The lowest BCUT2D eigenvalue weighted by Crippen LogP contribution is -2.47. The van der Waals surface area contributed by atoms with Gasteiger partial charge in [0.1, 0.15) is 6.04 Å². The Morgan fingerprint density at radius 3 is 2.35 bits per heavy atom. The average molecular weight is 479 g/mol. The minimum absolute atomic E-state index is 0.0445. The first-order chi connectivity index (χ1) is 16.4. The molecule has 1 fully saturated rings. The fraction of sp³-hybridized carbons (Fsp3) is 0.240. The third-order valence-electron chi connectivity index (χ3n) is 5.70. The van der Waals surface area contributed by atoms with Gasteiger partial charge in [0.2, 0.25) is 5.91 Å². The van der Waals surface area contributed by atoms with Crippen LogP contribution in [-0.2, 0) is 21.2 Å². The summed E-state index contributed by atoms with van der Waals surface area (Å²) in [5.74, 6) is -0.351. The number of nitrogens with one attached hydrogen (secondary N) is 2. The molecule has 2 aromatic carbocycles. The van der Waals surface area contributed by atoms with Gasteiger partial charge in [0, 0.05) is 43.3 Å². The Kier molecular flexibility index (Phi) is 7.34. The maximum absolute atomic E-state index is 13.2. The van der Waals surface area contributed by atoms with Crippen LogP contribution < -0.4 is 10.6 Å². The zero-order chi connectivity index (χ0) is 24.0. The van der Waals surface area contributed by atoms with E-state index in [-0.39, 0.29) is 29.9 Å². The summed E-state index contributed by atoms with van der Waals surface area (Å²) in [6.07, 6.45) is 3.11. The van der Waals surface area contributed by atoms with Crippen LogP contribution in [-0.4, -0.2) is 54.7 Å². The van der Waals surface area contributed by atoms with Gasteiger partial charge in [-0.05, 0) is 35.4 Å². The predicted octanol–water partition coefficient (Wildman–Crippen LogP) is 2.42. The molecule has 8 nitrogen and oxygen atoms in total. The molecule has 0 bridgehead atoms. The van der Waals surface area contributed by atoms with Crippen molar-refractivity contribution >= 4 is 27.3 Å². The second kappa shape index (κ2) is 10.6. The Hall–Kier alpha value is -3.56. The molecule has 1 unspecified atom stereocenters. The maximum atomic E-state index is 13.2. The van der Waals surface area contributed by atoms with Gasteiger partial charge in [-0.1, -0.05) is 42.5 Å². The second-order valence-electron chi connectivity index (χ2n) is 8.11. The minimum Gasteiger partial charge on any atom is -0.350 e. The molecule has 176 valence electrons. The normalized spacial score (nSPS) is 16.4. The molecule has 1 aliphatic heterocycles. The molecule has 2 amide bonds. The molecule has 0 spiro atoms. The van der Waals surface area contributed by atoms with Crippen LogP contribution in [0.2, 0.25) is 0 Å². The van der Waals surface area contributed by atoms with Crippen molar-refractivity contribution in [2.75, 3.05) is 29.9 Å². The van der Waals surface area contributed by atoms with Crippen molar-refractivity contribution in [2.24, 2.45) is 0 Å². The molecule has 4 rings (SSSR count). The number of anilines is 1. The molecule has 0 radical (unpaired) electrons. The zero-order valence-electron chi connectivity index (χ0n) is 18.6. The third kappa shape index (κ3) is 6.06. The van der Waals surface area contributed by atoms with Crippen molar-refractivity contribution in [3.05, 3.63) is 95.8 Å². The number of pyridine rings is 1. The summed E-state index contributed by atoms with van der Waals surface area (Å²) in [6, 6.07) is 19.3. The van der Waals surface area contributed by atoms with Crippen LogP contribution >= 0.6 is 0 Å². The van der Waals surface area contributed by atoms with Crippen LogP contribution in [0.15, 0.2) is 79.1 Å². The summed E-state index contributed by atoms with van der Waals surface area (Å²) in [6.45, 7) is 0.894. The Balaban J connectivity index is 1.43.